The third kappa shape index (κ3) is 2.10. The minimum Gasteiger partial charge on any atom is -0.377 e. The molecule has 0 radical (unpaired) electrons. The van der Waals surface area contributed by atoms with Crippen molar-refractivity contribution in [2.24, 2.45) is 0 Å². The molecule has 0 aliphatic carbocycles. The van der Waals surface area contributed by atoms with Gasteiger partial charge in [0, 0.05) is 11.9 Å². The number of anilines is 1. The Morgan fingerprint density at radius 3 is 3.20 bits per heavy atom. The van der Waals surface area contributed by atoms with E-state index in [0.29, 0.717) is 30.6 Å². The van der Waals surface area contributed by atoms with Crippen LogP contribution in [0.25, 0.3) is 0 Å². The molecule has 0 saturated carbocycles. The maximum absolute atomic E-state index is 12.0. The van der Waals surface area contributed by atoms with E-state index < -0.39 is 0 Å². The lowest BCUT2D eigenvalue weighted by Gasteiger charge is -2.32. The van der Waals surface area contributed by atoms with E-state index in [1.54, 1.807) is 10.3 Å². The van der Waals surface area contributed by atoms with Crippen molar-refractivity contribution in [2.45, 2.75) is 13.0 Å². The van der Waals surface area contributed by atoms with Gasteiger partial charge in [-0.15, -0.1) is 11.3 Å². The monoisotopic (exact) mass is 227 g/mol. The summed E-state index contributed by atoms with van der Waals surface area (Å²) in [4.78, 5) is 17.7. The molecule has 2 N–H and O–H groups in total. The number of thiazole rings is 1. The molecule has 0 bridgehead atoms. The van der Waals surface area contributed by atoms with Crippen LogP contribution >= 0.6 is 11.3 Å². The minimum absolute atomic E-state index is 0.0567. The Balaban J connectivity index is 2.13. The normalized spacial score (nSPS) is 21.7. The first-order valence-electron chi connectivity index (χ1n) is 4.78. The van der Waals surface area contributed by atoms with Gasteiger partial charge < -0.3 is 15.4 Å². The van der Waals surface area contributed by atoms with E-state index in [-0.39, 0.29) is 11.9 Å². The Kier molecular flexibility index (Phi) is 2.88. The third-order valence-corrected chi connectivity index (χ3v) is 3.04. The molecule has 5 nitrogen and oxygen atoms in total. The average Bonchev–Trinajstić information content (AvgIpc) is 2.65. The van der Waals surface area contributed by atoms with E-state index in [9.17, 15) is 4.79 Å². The SMILES string of the molecule is C[C@@H]1COCCN1C(=O)c1csc(N)n1. The number of carbonyl (C=O) groups excluding carboxylic acids is 1. The molecule has 0 unspecified atom stereocenters. The Morgan fingerprint density at radius 1 is 1.80 bits per heavy atom. The number of amides is 1. The molecule has 1 atom stereocenters. The first kappa shape index (κ1) is 10.4. The van der Waals surface area contributed by atoms with Crippen molar-refractivity contribution < 1.29 is 9.53 Å². The Labute approximate surface area is 91.9 Å². The molecule has 1 aromatic rings. The second-order valence-corrected chi connectivity index (χ2v) is 4.38. The molecule has 82 valence electrons. The van der Waals surface area contributed by atoms with Gasteiger partial charge in [-0.05, 0) is 6.92 Å². The van der Waals surface area contributed by atoms with Crippen molar-refractivity contribution in [1.29, 1.82) is 0 Å². The first-order valence-corrected chi connectivity index (χ1v) is 5.66. The van der Waals surface area contributed by atoms with Crippen LogP contribution in [-0.2, 0) is 4.74 Å². The largest absolute Gasteiger partial charge is 0.377 e. The van der Waals surface area contributed by atoms with E-state index in [2.05, 4.69) is 4.98 Å². The molecule has 1 amide bonds. The minimum atomic E-state index is -0.0567. The molecule has 15 heavy (non-hydrogen) atoms. The number of nitrogens with two attached hydrogens (primary N) is 1. The Hall–Kier alpha value is -1.14. The highest BCUT2D eigenvalue weighted by Crippen LogP contribution is 2.16. The molecule has 6 heteroatoms. The molecule has 2 rings (SSSR count). The number of nitrogens with zero attached hydrogens (tertiary/aromatic N) is 2. The molecule has 1 fully saturated rings. The summed E-state index contributed by atoms with van der Waals surface area (Å²) in [7, 11) is 0. The number of hydrogen-bond donors (Lipinski definition) is 1. The van der Waals surface area contributed by atoms with Gasteiger partial charge in [-0.3, -0.25) is 4.79 Å². The van der Waals surface area contributed by atoms with Gasteiger partial charge in [0.05, 0.1) is 19.3 Å². The van der Waals surface area contributed by atoms with Gasteiger partial charge in [0.1, 0.15) is 5.69 Å². The number of hydrogen-bond acceptors (Lipinski definition) is 5. The Bertz CT molecular complexity index is 366. The Morgan fingerprint density at radius 2 is 2.60 bits per heavy atom. The fourth-order valence-electron chi connectivity index (χ4n) is 1.56. The molecule has 1 aliphatic heterocycles. The van der Waals surface area contributed by atoms with Crippen molar-refractivity contribution >= 4 is 22.4 Å². The number of rotatable bonds is 1. The first-order chi connectivity index (χ1) is 7.18. The number of morpholine rings is 1. The van der Waals surface area contributed by atoms with Gasteiger partial charge in [-0.25, -0.2) is 4.98 Å². The summed E-state index contributed by atoms with van der Waals surface area (Å²) in [5, 5.41) is 2.12. The van der Waals surface area contributed by atoms with Gasteiger partial charge in [-0.1, -0.05) is 0 Å². The van der Waals surface area contributed by atoms with Gasteiger partial charge in [0.25, 0.3) is 5.91 Å². The summed E-state index contributed by atoms with van der Waals surface area (Å²) in [5.74, 6) is -0.0567. The van der Waals surface area contributed by atoms with Gasteiger partial charge >= 0.3 is 0 Å². The fourth-order valence-corrected chi connectivity index (χ4v) is 2.10. The number of nitrogen functional groups attached to an aromatic ring is 1. The van der Waals surface area contributed by atoms with Crippen LogP contribution in [0.15, 0.2) is 5.38 Å². The van der Waals surface area contributed by atoms with Crippen LogP contribution in [0.5, 0.6) is 0 Å². The van der Waals surface area contributed by atoms with Crippen LogP contribution in [0.1, 0.15) is 17.4 Å². The topological polar surface area (TPSA) is 68.5 Å². The maximum Gasteiger partial charge on any atom is 0.273 e. The molecule has 1 saturated heterocycles. The molecule has 1 aliphatic rings. The van der Waals surface area contributed by atoms with Gasteiger partial charge in [0.15, 0.2) is 5.13 Å². The van der Waals surface area contributed by atoms with E-state index in [0.717, 1.165) is 0 Å². The highest BCUT2D eigenvalue weighted by Gasteiger charge is 2.26. The highest BCUT2D eigenvalue weighted by atomic mass is 32.1. The van der Waals surface area contributed by atoms with Crippen LogP contribution in [0, 0.1) is 0 Å². The molecule has 0 aromatic carbocycles. The van der Waals surface area contributed by atoms with Crippen molar-refractivity contribution in [3.63, 3.8) is 0 Å². The lowest BCUT2D eigenvalue weighted by molar-refractivity contribution is 0.00332. The van der Waals surface area contributed by atoms with Crippen molar-refractivity contribution in [1.82, 2.24) is 9.88 Å². The summed E-state index contributed by atoms with van der Waals surface area (Å²) in [6.45, 7) is 3.77. The summed E-state index contributed by atoms with van der Waals surface area (Å²) in [6.07, 6.45) is 0. The van der Waals surface area contributed by atoms with Crippen LogP contribution in [0.2, 0.25) is 0 Å². The quantitative estimate of drug-likeness (QED) is 0.762. The molecule has 0 spiro atoms. The molecule has 1 aromatic heterocycles. The predicted molar refractivity (Wildman–Crippen MR) is 57.8 cm³/mol. The number of carbonyl (C=O) groups is 1. The number of ether oxygens (including phenoxy) is 1. The second kappa shape index (κ2) is 4.16. The average molecular weight is 227 g/mol. The van der Waals surface area contributed by atoms with Crippen LogP contribution in [0.3, 0.4) is 0 Å². The van der Waals surface area contributed by atoms with Gasteiger partial charge in [0.2, 0.25) is 0 Å². The van der Waals surface area contributed by atoms with Crippen LogP contribution in [0.4, 0.5) is 5.13 Å². The summed E-state index contributed by atoms with van der Waals surface area (Å²) in [6, 6.07) is 0.106. The lowest BCUT2D eigenvalue weighted by atomic mass is 10.2. The van der Waals surface area contributed by atoms with E-state index in [1.807, 2.05) is 6.92 Å². The van der Waals surface area contributed by atoms with Crippen LogP contribution < -0.4 is 5.73 Å². The third-order valence-electron chi connectivity index (χ3n) is 2.37. The summed E-state index contributed by atoms with van der Waals surface area (Å²) < 4.78 is 5.27. The van der Waals surface area contributed by atoms with Crippen molar-refractivity contribution in [2.75, 3.05) is 25.5 Å². The standard InChI is InChI=1S/C9H13N3O2S/c1-6-4-14-3-2-12(6)8(13)7-5-15-9(10)11-7/h5-6H,2-4H2,1H3,(H2,10,11)/t6-/m1/s1. The zero-order valence-corrected chi connectivity index (χ0v) is 9.29. The van der Waals surface area contributed by atoms with E-state index in [4.69, 9.17) is 10.5 Å². The lowest BCUT2D eigenvalue weighted by Crippen LogP contribution is -2.47. The molecule has 2 heterocycles. The van der Waals surface area contributed by atoms with E-state index in [1.165, 1.54) is 11.3 Å². The fraction of sp³-hybridized carbons (Fsp3) is 0.556. The predicted octanol–water partition coefficient (Wildman–Crippen LogP) is 0.586. The summed E-state index contributed by atoms with van der Waals surface area (Å²) >= 11 is 1.29. The molecular weight excluding hydrogens is 214 g/mol. The van der Waals surface area contributed by atoms with Crippen molar-refractivity contribution in [3.8, 4) is 0 Å². The van der Waals surface area contributed by atoms with Gasteiger partial charge in [-0.2, -0.15) is 0 Å². The summed E-state index contributed by atoms with van der Waals surface area (Å²) in [5.41, 5.74) is 5.93. The number of aromatic nitrogens is 1. The van der Waals surface area contributed by atoms with Crippen LogP contribution in [-0.4, -0.2) is 41.6 Å². The smallest absolute Gasteiger partial charge is 0.273 e. The second-order valence-electron chi connectivity index (χ2n) is 3.49. The maximum atomic E-state index is 12.0. The highest BCUT2D eigenvalue weighted by molar-refractivity contribution is 7.13. The van der Waals surface area contributed by atoms with E-state index >= 15 is 0 Å². The van der Waals surface area contributed by atoms with Crippen molar-refractivity contribution in [3.05, 3.63) is 11.1 Å². The molecular formula is C9H13N3O2S. The zero-order chi connectivity index (χ0) is 10.8. The zero-order valence-electron chi connectivity index (χ0n) is 8.47.